The monoisotopic (exact) mass is 692 g/mol. The van der Waals surface area contributed by atoms with E-state index in [1.807, 2.05) is 24.3 Å². The Labute approximate surface area is 286 Å². The van der Waals surface area contributed by atoms with Gasteiger partial charge in [0.2, 0.25) is 5.41 Å². The highest BCUT2D eigenvalue weighted by Crippen LogP contribution is 2.57. The minimum Gasteiger partial charge on any atom is -0.478 e. The van der Waals surface area contributed by atoms with Crippen LogP contribution in [0.2, 0.25) is 0 Å². The van der Waals surface area contributed by atoms with Crippen molar-refractivity contribution in [3.8, 4) is 23.7 Å². The number of carboxylic acids is 2. The fourth-order valence-corrected chi connectivity index (χ4v) is 6.12. The lowest BCUT2D eigenvalue weighted by Gasteiger charge is -2.39. The molecule has 0 spiro atoms. The third-order valence-corrected chi connectivity index (χ3v) is 8.42. The van der Waals surface area contributed by atoms with Crippen LogP contribution in [-0.2, 0) is 5.41 Å². The summed E-state index contributed by atoms with van der Waals surface area (Å²) in [7, 11) is 0. The average Bonchev–Trinajstić information content (AvgIpc) is 3.09. The van der Waals surface area contributed by atoms with Crippen molar-refractivity contribution in [3.63, 3.8) is 0 Å². The first kappa shape index (κ1) is 34.3. The molecule has 6 aromatic carbocycles. The molecule has 4 nitrogen and oxygen atoms in total. The van der Waals surface area contributed by atoms with Gasteiger partial charge in [-0.25, -0.2) is 9.59 Å². The van der Waals surface area contributed by atoms with Gasteiger partial charge in [0.05, 0.1) is 11.1 Å². The van der Waals surface area contributed by atoms with Crippen molar-refractivity contribution in [1.82, 2.24) is 0 Å². The Morgan fingerprint density at radius 1 is 0.471 bits per heavy atom. The van der Waals surface area contributed by atoms with E-state index in [1.165, 1.54) is 0 Å². The summed E-state index contributed by atoms with van der Waals surface area (Å²) in [4.78, 5) is 24.8. The number of benzene rings is 6. The second kappa shape index (κ2) is 13.1. The summed E-state index contributed by atoms with van der Waals surface area (Å²) in [5.74, 6) is 6.67. The number of carbonyl (C=O) groups is 2. The van der Waals surface area contributed by atoms with E-state index in [1.54, 1.807) is 60.7 Å². The first-order chi connectivity index (χ1) is 24.2. The normalized spacial score (nSPS) is 11.7. The van der Waals surface area contributed by atoms with Crippen molar-refractivity contribution in [1.29, 1.82) is 0 Å². The Morgan fingerprint density at radius 3 is 1.22 bits per heavy atom. The maximum absolute atomic E-state index is 15.2. The number of rotatable bonds is 4. The minimum absolute atomic E-state index is 0.181. The van der Waals surface area contributed by atoms with Gasteiger partial charge in [-0.1, -0.05) is 109 Å². The van der Waals surface area contributed by atoms with Gasteiger partial charge in [0.15, 0.2) is 0 Å². The van der Waals surface area contributed by atoms with Gasteiger partial charge in [-0.15, -0.1) is 0 Å². The van der Waals surface area contributed by atoms with Gasteiger partial charge in [-0.2, -0.15) is 26.3 Å². The molecule has 252 valence electrons. The van der Waals surface area contributed by atoms with Crippen molar-refractivity contribution in [3.05, 3.63) is 166 Å². The molecular weight excluding hydrogens is 670 g/mol. The highest BCUT2D eigenvalue weighted by Gasteiger charge is 2.74. The molecule has 0 aliphatic carbocycles. The minimum atomic E-state index is -6.27. The van der Waals surface area contributed by atoms with Crippen molar-refractivity contribution >= 4 is 33.5 Å². The lowest BCUT2D eigenvalue weighted by molar-refractivity contribution is -0.288. The van der Waals surface area contributed by atoms with Crippen LogP contribution >= 0.6 is 0 Å². The van der Waals surface area contributed by atoms with Crippen LogP contribution in [0.15, 0.2) is 121 Å². The van der Waals surface area contributed by atoms with E-state index in [-0.39, 0.29) is 11.1 Å². The van der Waals surface area contributed by atoms with Crippen LogP contribution in [0.25, 0.3) is 21.5 Å². The molecule has 0 bridgehead atoms. The summed E-state index contributed by atoms with van der Waals surface area (Å²) in [5.41, 5.74) is -10.6. The van der Waals surface area contributed by atoms with Crippen LogP contribution in [0.1, 0.15) is 54.1 Å². The summed E-state index contributed by atoms with van der Waals surface area (Å²) >= 11 is 0. The molecule has 0 radical (unpaired) electrons. The molecule has 10 heteroatoms. The molecule has 0 unspecified atom stereocenters. The molecule has 0 aromatic heterocycles. The SMILES string of the molecule is O=C(O)c1cc(C#Cc2cccc3ccccc23)ccc1C(c1ccc(C#Cc2cccc3ccccc23)cc1C(=O)O)(C(F)(F)F)C(F)(F)F. The molecule has 0 saturated carbocycles. The molecule has 6 aromatic rings. The van der Waals surface area contributed by atoms with Crippen molar-refractivity contribution in [2.75, 3.05) is 0 Å². The van der Waals surface area contributed by atoms with E-state index in [0.29, 0.717) is 35.4 Å². The quantitative estimate of drug-likeness (QED) is 0.143. The second-order valence-electron chi connectivity index (χ2n) is 11.4. The topological polar surface area (TPSA) is 74.6 Å². The summed E-state index contributed by atoms with van der Waals surface area (Å²) in [6, 6.07) is 28.4. The van der Waals surface area contributed by atoms with Crippen LogP contribution in [0.4, 0.5) is 26.3 Å². The predicted molar refractivity (Wildman–Crippen MR) is 180 cm³/mol. The highest BCUT2D eigenvalue weighted by molar-refractivity contribution is 5.94. The first-order valence-electron chi connectivity index (χ1n) is 15.1. The fourth-order valence-electron chi connectivity index (χ4n) is 6.12. The standard InChI is InChI=1S/C41H22F6O4/c42-40(43,44)39(41(45,46)47,35-21-17-25(23-33(35)37(48)49)15-19-29-11-5-9-27-7-1-3-13-31(27)29)36-22-18-26(24-34(36)38(50)51)16-20-30-12-6-10-28-8-2-4-14-32(28)30/h1-14,17-18,21-24H,(H,48,49)(H,50,51). The Kier molecular flexibility index (Phi) is 8.80. The third kappa shape index (κ3) is 6.24. The van der Waals surface area contributed by atoms with Gasteiger partial charge in [0.1, 0.15) is 0 Å². The van der Waals surface area contributed by atoms with Gasteiger partial charge in [-0.3, -0.25) is 0 Å². The van der Waals surface area contributed by atoms with Gasteiger partial charge in [-0.05, 0) is 69.1 Å². The summed E-state index contributed by atoms with van der Waals surface area (Å²) < 4.78 is 91.2. The molecule has 0 saturated heterocycles. The Balaban J connectivity index is 1.54. The Bertz CT molecular complexity index is 2310. The summed E-state index contributed by atoms with van der Waals surface area (Å²) in [6.07, 6.45) is -12.5. The largest absolute Gasteiger partial charge is 0.478 e. The summed E-state index contributed by atoms with van der Waals surface area (Å²) in [5, 5.41) is 23.1. The van der Waals surface area contributed by atoms with Gasteiger partial charge < -0.3 is 10.2 Å². The fraction of sp³-hybridized carbons (Fsp3) is 0.0732. The van der Waals surface area contributed by atoms with E-state index < -0.39 is 52.0 Å². The second-order valence-corrected chi connectivity index (χ2v) is 11.4. The zero-order valence-electron chi connectivity index (χ0n) is 26.0. The molecular formula is C41H22F6O4. The number of halogens is 6. The Hall–Kier alpha value is -6.52. The molecule has 51 heavy (non-hydrogen) atoms. The van der Waals surface area contributed by atoms with Gasteiger partial charge in [0, 0.05) is 22.3 Å². The highest BCUT2D eigenvalue weighted by atomic mass is 19.4. The van der Waals surface area contributed by atoms with Crippen LogP contribution in [-0.4, -0.2) is 34.5 Å². The molecule has 0 heterocycles. The zero-order chi connectivity index (χ0) is 36.6. The molecule has 0 fully saturated rings. The summed E-state index contributed by atoms with van der Waals surface area (Å²) in [6.45, 7) is 0. The molecule has 0 aliphatic rings. The van der Waals surface area contributed by atoms with Crippen molar-refractivity contribution in [2.45, 2.75) is 17.8 Å². The molecule has 6 rings (SSSR count). The lowest BCUT2D eigenvalue weighted by Crippen LogP contribution is -2.56. The maximum Gasteiger partial charge on any atom is 0.411 e. The number of alkyl halides is 6. The number of hydrogen-bond donors (Lipinski definition) is 2. The van der Waals surface area contributed by atoms with Crippen LogP contribution in [0, 0.1) is 23.7 Å². The number of aromatic carboxylic acids is 2. The zero-order valence-corrected chi connectivity index (χ0v) is 26.0. The van der Waals surface area contributed by atoms with Crippen LogP contribution in [0.5, 0.6) is 0 Å². The van der Waals surface area contributed by atoms with Crippen molar-refractivity contribution in [2.24, 2.45) is 0 Å². The van der Waals surface area contributed by atoms with E-state index in [9.17, 15) is 19.8 Å². The molecule has 0 aliphatic heterocycles. The molecule has 2 N–H and O–H groups in total. The Morgan fingerprint density at radius 2 is 0.843 bits per heavy atom. The van der Waals surface area contributed by atoms with Crippen LogP contribution < -0.4 is 0 Å². The van der Waals surface area contributed by atoms with E-state index in [2.05, 4.69) is 23.7 Å². The first-order valence-corrected chi connectivity index (χ1v) is 15.1. The van der Waals surface area contributed by atoms with E-state index in [4.69, 9.17) is 0 Å². The average molecular weight is 693 g/mol. The van der Waals surface area contributed by atoms with Gasteiger partial charge in [0.25, 0.3) is 0 Å². The van der Waals surface area contributed by atoms with Crippen LogP contribution in [0.3, 0.4) is 0 Å². The predicted octanol–water partition coefficient (Wildman–Crippen LogP) is 9.60. The maximum atomic E-state index is 15.2. The van der Waals surface area contributed by atoms with Gasteiger partial charge >= 0.3 is 24.3 Å². The lowest BCUT2D eigenvalue weighted by atomic mass is 9.69. The van der Waals surface area contributed by atoms with E-state index in [0.717, 1.165) is 33.7 Å². The smallest absolute Gasteiger partial charge is 0.411 e. The molecule has 0 amide bonds. The molecule has 0 atom stereocenters. The number of carboxylic acid groups (broad SMARTS) is 2. The number of fused-ring (bicyclic) bond motifs is 2. The number of hydrogen-bond acceptors (Lipinski definition) is 2. The van der Waals surface area contributed by atoms with Crippen molar-refractivity contribution < 1.29 is 46.1 Å². The third-order valence-electron chi connectivity index (χ3n) is 8.42. The van der Waals surface area contributed by atoms with E-state index >= 15 is 26.3 Å².